The molecule has 2 amide bonds. The Morgan fingerprint density at radius 3 is 2.67 bits per heavy atom. The molecule has 0 unspecified atom stereocenters. The molecule has 0 spiro atoms. The summed E-state index contributed by atoms with van der Waals surface area (Å²) in [6, 6.07) is 4.59. The Bertz CT molecular complexity index is 663. The molecule has 1 aliphatic heterocycles. The van der Waals surface area contributed by atoms with Crippen LogP contribution in [0.1, 0.15) is 12.0 Å². The van der Waals surface area contributed by atoms with E-state index in [1.165, 1.54) is 24.3 Å². The van der Waals surface area contributed by atoms with Crippen molar-refractivity contribution in [1.82, 2.24) is 10.2 Å². The maximum absolute atomic E-state index is 12.3. The summed E-state index contributed by atoms with van der Waals surface area (Å²) in [6.45, 7) is -1.46. The van der Waals surface area contributed by atoms with Crippen molar-refractivity contribution in [1.29, 1.82) is 0 Å². The fourth-order valence-electron chi connectivity index (χ4n) is 2.50. The molecule has 1 N–H and O–H groups in total. The number of amides is 2. The third-order valence-corrected chi connectivity index (χ3v) is 3.54. The van der Waals surface area contributed by atoms with Crippen LogP contribution in [-0.4, -0.2) is 46.9 Å². The molecule has 1 aromatic carbocycles. The fraction of sp³-hybridized carbons (Fsp3) is 0.429. The molecule has 1 heterocycles. The van der Waals surface area contributed by atoms with E-state index in [9.17, 15) is 32.9 Å². The van der Waals surface area contributed by atoms with Gasteiger partial charge < -0.3 is 10.2 Å². The number of nitro groups is 1. The summed E-state index contributed by atoms with van der Waals surface area (Å²) >= 11 is 0. The number of benzene rings is 1. The number of para-hydroxylation sites is 1. The van der Waals surface area contributed by atoms with Crippen molar-refractivity contribution >= 4 is 17.5 Å². The minimum Gasteiger partial charge on any atom is -0.344 e. The molecular weight excluding hydrogens is 331 g/mol. The molecule has 1 saturated heterocycles. The predicted octanol–water partition coefficient (Wildman–Crippen LogP) is 1.42. The number of hydrogen-bond acceptors (Lipinski definition) is 4. The molecule has 1 aliphatic rings. The Morgan fingerprint density at radius 2 is 2.04 bits per heavy atom. The number of nitrogens with zero attached hydrogens (tertiary/aromatic N) is 2. The van der Waals surface area contributed by atoms with Crippen molar-refractivity contribution < 1.29 is 27.7 Å². The standard InChI is InChI=1S/C14H14F3N3O4/c15-14(16,17)8-19-6-5-10(13(19)22)18-12(21)7-9-3-1-2-4-11(9)20(23)24/h1-4,10H,5-8H2,(H,18,21)/t10-/m1/s1. The van der Waals surface area contributed by atoms with Crippen LogP contribution < -0.4 is 5.32 Å². The molecule has 130 valence electrons. The second-order valence-electron chi connectivity index (χ2n) is 5.35. The molecule has 0 aromatic heterocycles. The normalized spacial score (nSPS) is 17.9. The van der Waals surface area contributed by atoms with Crippen LogP contribution >= 0.6 is 0 Å². The van der Waals surface area contributed by atoms with Gasteiger partial charge >= 0.3 is 6.18 Å². The summed E-state index contributed by atoms with van der Waals surface area (Å²) < 4.78 is 37.0. The zero-order valence-corrected chi connectivity index (χ0v) is 12.4. The first-order valence-corrected chi connectivity index (χ1v) is 7.04. The minimum absolute atomic E-state index is 0.0670. The van der Waals surface area contributed by atoms with E-state index in [1.807, 2.05) is 0 Å². The van der Waals surface area contributed by atoms with Gasteiger partial charge in [-0.1, -0.05) is 18.2 Å². The van der Waals surface area contributed by atoms with Crippen LogP contribution in [0.4, 0.5) is 18.9 Å². The first-order valence-electron chi connectivity index (χ1n) is 7.04. The molecule has 0 saturated carbocycles. The van der Waals surface area contributed by atoms with Gasteiger partial charge in [-0.2, -0.15) is 13.2 Å². The number of hydrogen-bond donors (Lipinski definition) is 1. The highest BCUT2D eigenvalue weighted by atomic mass is 19.4. The summed E-state index contributed by atoms with van der Waals surface area (Å²) in [5.41, 5.74) is -0.0679. The lowest BCUT2D eigenvalue weighted by Gasteiger charge is -2.18. The van der Waals surface area contributed by atoms with Gasteiger partial charge in [0.05, 0.1) is 11.3 Å². The highest BCUT2D eigenvalue weighted by Gasteiger charge is 2.39. The van der Waals surface area contributed by atoms with Crippen LogP contribution in [-0.2, 0) is 16.0 Å². The number of nitrogens with one attached hydrogen (secondary N) is 1. The number of alkyl halides is 3. The Morgan fingerprint density at radius 1 is 1.38 bits per heavy atom. The number of rotatable bonds is 5. The average Bonchev–Trinajstić information content (AvgIpc) is 2.78. The Labute approximate surface area is 134 Å². The van der Waals surface area contributed by atoms with Gasteiger partial charge in [0.1, 0.15) is 12.6 Å². The first-order chi connectivity index (χ1) is 11.2. The van der Waals surface area contributed by atoms with Gasteiger partial charge in [0.2, 0.25) is 11.8 Å². The van der Waals surface area contributed by atoms with Gasteiger partial charge in [-0.05, 0) is 6.42 Å². The van der Waals surface area contributed by atoms with Crippen LogP contribution in [0.2, 0.25) is 0 Å². The number of halogens is 3. The van der Waals surface area contributed by atoms with Gasteiger partial charge in [0.25, 0.3) is 5.69 Å². The predicted molar refractivity (Wildman–Crippen MR) is 76.0 cm³/mol. The molecule has 7 nitrogen and oxygen atoms in total. The van der Waals surface area contributed by atoms with E-state index in [0.29, 0.717) is 4.90 Å². The topological polar surface area (TPSA) is 92.5 Å². The van der Waals surface area contributed by atoms with E-state index in [1.54, 1.807) is 0 Å². The number of likely N-dealkylation sites (tertiary alicyclic amines) is 1. The van der Waals surface area contributed by atoms with Gasteiger partial charge in [0, 0.05) is 18.2 Å². The number of carbonyl (C=O) groups excluding carboxylic acids is 2. The molecule has 0 radical (unpaired) electrons. The van der Waals surface area contributed by atoms with E-state index < -0.39 is 35.5 Å². The van der Waals surface area contributed by atoms with Gasteiger partial charge in [-0.25, -0.2) is 0 Å². The van der Waals surface area contributed by atoms with Crippen LogP contribution in [0, 0.1) is 10.1 Å². The zero-order chi connectivity index (χ0) is 17.9. The van der Waals surface area contributed by atoms with Crippen LogP contribution in [0.3, 0.4) is 0 Å². The highest BCUT2D eigenvalue weighted by molar-refractivity contribution is 5.90. The van der Waals surface area contributed by atoms with Crippen molar-refractivity contribution in [3.63, 3.8) is 0 Å². The maximum atomic E-state index is 12.3. The summed E-state index contributed by atoms with van der Waals surface area (Å²) in [5.74, 6) is -1.46. The zero-order valence-electron chi connectivity index (χ0n) is 12.4. The Hall–Kier alpha value is -2.65. The van der Waals surface area contributed by atoms with Crippen molar-refractivity contribution in [2.45, 2.75) is 25.1 Å². The molecule has 10 heteroatoms. The van der Waals surface area contributed by atoms with E-state index in [0.717, 1.165) is 0 Å². The quantitative estimate of drug-likeness (QED) is 0.645. The highest BCUT2D eigenvalue weighted by Crippen LogP contribution is 2.21. The van der Waals surface area contributed by atoms with E-state index in [2.05, 4.69) is 5.32 Å². The Balaban J connectivity index is 1.97. The Kier molecular flexibility index (Phi) is 5.05. The van der Waals surface area contributed by atoms with Gasteiger partial charge in [-0.3, -0.25) is 19.7 Å². The molecule has 0 bridgehead atoms. The molecule has 24 heavy (non-hydrogen) atoms. The number of nitro benzene ring substituents is 1. The van der Waals surface area contributed by atoms with Crippen LogP contribution in [0.5, 0.6) is 0 Å². The van der Waals surface area contributed by atoms with E-state index >= 15 is 0 Å². The molecule has 0 aliphatic carbocycles. The van der Waals surface area contributed by atoms with Gasteiger partial charge in [-0.15, -0.1) is 0 Å². The maximum Gasteiger partial charge on any atom is 0.406 e. The SMILES string of the molecule is O=C(Cc1ccccc1[N+](=O)[O-])N[C@@H]1CCN(CC(F)(F)F)C1=O. The smallest absolute Gasteiger partial charge is 0.344 e. The van der Waals surface area contributed by atoms with Crippen molar-refractivity contribution in [3.05, 3.63) is 39.9 Å². The minimum atomic E-state index is -4.50. The molecule has 1 atom stereocenters. The monoisotopic (exact) mass is 345 g/mol. The summed E-state index contributed by atoms with van der Waals surface area (Å²) in [5, 5.41) is 13.2. The lowest BCUT2D eigenvalue weighted by Crippen LogP contribution is -2.44. The molecule has 1 fully saturated rings. The van der Waals surface area contributed by atoms with Crippen LogP contribution in [0.15, 0.2) is 24.3 Å². The summed E-state index contributed by atoms with van der Waals surface area (Å²) in [7, 11) is 0. The summed E-state index contributed by atoms with van der Waals surface area (Å²) in [6.07, 6.45) is -4.77. The second kappa shape index (κ2) is 6.85. The van der Waals surface area contributed by atoms with Crippen LogP contribution in [0.25, 0.3) is 0 Å². The lowest BCUT2D eigenvalue weighted by molar-refractivity contribution is -0.385. The fourth-order valence-corrected chi connectivity index (χ4v) is 2.50. The molecular formula is C14H14F3N3O4. The van der Waals surface area contributed by atoms with Crippen molar-refractivity contribution in [2.75, 3.05) is 13.1 Å². The molecule has 1 aromatic rings. The molecule has 2 rings (SSSR count). The third-order valence-electron chi connectivity index (χ3n) is 3.54. The average molecular weight is 345 g/mol. The van der Waals surface area contributed by atoms with E-state index in [4.69, 9.17) is 0 Å². The second-order valence-corrected chi connectivity index (χ2v) is 5.35. The third kappa shape index (κ3) is 4.43. The van der Waals surface area contributed by atoms with Crippen molar-refractivity contribution in [2.24, 2.45) is 0 Å². The lowest BCUT2D eigenvalue weighted by atomic mass is 10.1. The first kappa shape index (κ1) is 17.7. The van der Waals surface area contributed by atoms with E-state index in [-0.39, 0.29) is 30.6 Å². The largest absolute Gasteiger partial charge is 0.406 e. The van der Waals surface area contributed by atoms with Gasteiger partial charge in [0.15, 0.2) is 0 Å². The number of carbonyl (C=O) groups is 2. The summed E-state index contributed by atoms with van der Waals surface area (Å²) in [4.78, 5) is 34.7. The van der Waals surface area contributed by atoms with Crippen molar-refractivity contribution in [3.8, 4) is 0 Å².